The number of aliphatic hydroxyl groups is 2. The van der Waals surface area contributed by atoms with E-state index in [9.17, 15) is 19.8 Å². The highest BCUT2D eigenvalue weighted by Gasteiger charge is 2.20. The van der Waals surface area contributed by atoms with Crippen LogP contribution in [-0.4, -0.2) is 35.2 Å². The van der Waals surface area contributed by atoms with Gasteiger partial charge < -0.3 is 20.3 Å². The Bertz CT molecular complexity index is 658. The number of carbonyl (C=O) groups is 2. The van der Waals surface area contributed by atoms with E-state index in [1.807, 2.05) is 30.3 Å². The molecular formula is C17H19NO5S. The summed E-state index contributed by atoms with van der Waals surface area (Å²) in [5.74, 6) is 0. The highest BCUT2D eigenvalue weighted by molar-refractivity contribution is 7.13. The SMILES string of the molecule is O=Cc1ccc(C(O)C(O)CCNC(=O)OCc2ccccc2)s1. The van der Waals surface area contributed by atoms with E-state index in [1.54, 1.807) is 12.1 Å². The average Bonchev–Trinajstić information content (AvgIpc) is 3.09. The van der Waals surface area contributed by atoms with E-state index >= 15 is 0 Å². The minimum atomic E-state index is -1.09. The maximum absolute atomic E-state index is 11.6. The Kier molecular flexibility index (Phi) is 6.92. The number of aliphatic hydroxyl groups excluding tert-OH is 2. The maximum atomic E-state index is 11.6. The van der Waals surface area contributed by atoms with Gasteiger partial charge in [0.05, 0.1) is 11.0 Å². The third-order valence-electron chi connectivity index (χ3n) is 3.34. The van der Waals surface area contributed by atoms with Gasteiger partial charge in [-0.3, -0.25) is 4.79 Å². The van der Waals surface area contributed by atoms with Crippen molar-refractivity contribution in [2.75, 3.05) is 6.54 Å². The Labute approximate surface area is 143 Å². The Morgan fingerprint density at radius 1 is 1.21 bits per heavy atom. The largest absolute Gasteiger partial charge is 0.445 e. The Morgan fingerprint density at radius 3 is 2.62 bits per heavy atom. The molecule has 2 atom stereocenters. The van der Waals surface area contributed by atoms with E-state index in [0.29, 0.717) is 16.0 Å². The predicted molar refractivity (Wildman–Crippen MR) is 89.9 cm³/mol. The molecule has 2 aromatic rings. The third-order valence-corrected chi connectivity index (χ3v) is 4.42. The van der Waals surface area contributed by atoms with E-state index in [-0.39, 0.29) is 19.6 Å². The molecule has 1 aromatic heterocycles. The number of rotatable bonds is 8. The van der Waals surface area contributed by atoms with E-state index in [4.69, 9.17) is 4.74 Å². The normalized spacial score (nSPS) is 13.1. The lowest BCUT2D eigenvalue weighted by Gasteiger charge is -2.16. The van der Waals surface area contributed by atoms with Gasteiger partial charge in [-0.25, -0.2) is 4.79 Å². The van der Waals surface area contributed by atoms with Gasteiger partial charge in [-0.15, -0.1) is 11.3 Å². The first-order valence-electron chi connectivity index (χ1n) is 7.45. The molecule has 0 saturated heterocycles. The number of aldehydes is 1. The highest BCUT2D eigenvalue weighted by Crippen LogP contribution is 2.25. The van der Waals surface area contributed by atoms with Crippen LogP contribution in [-0.2, 0) is 11.3 Å². The molecule has 7 heteroatoms. The quantitative estimate of drug-likeness (QED) is 0.636. The number of hydrogen-bond donors (Lipinski definition) is 3. The molecule has 1 amide bonds. The topological polar surface area (TPSA) is 95.9 Å². The fourth-order valence-corrected chi connectivity index (χ4v) is 2.90. The fraction of sp³-hybridized carbons (Fsp3) is 0.294. The van der Waals surface area contributed by atoms with Gasteiger partial charge in [-0.2, -0.15) is 0 Å². The molecule has 0 saturated carbocycles. The zero-order chi connectivity index (χ0) is 17.4. The van der Waals surface area contributed by atoms with Gasteiger partial charge in [0.15, 0.2) is 6.29 Å². The molecule has 24 heavy (non-hydrogen) atoms. The second-order valence-electron chi connectivity index (χ2n) is 5.15. The van der Waals surface area contributed by atoms with Crippen LogP contribution in [0.2, 0.25) is 0 Å². The van der Waals surface area contributed by atoms with Crippen LogP contribution in [0, 0.1) is 0 Å². The third kappa shape index (κ3) is 5.45. The molecule has 2 rings (SSSR count). The first kappa shape index (κ1) is 18.1. The molecule has 6 nitrogen and oxygen atoms in total. The molecule has 1 heterocycles. The number of hydrogen-bond acceptors (Lipinski definition) is 6. The van der Waals surface area contributed by atoms with Gasteiger partial charge in [0, 0.05) is 11.4 Å². The number of thiophene rings is 1. The number of amides is 1. The van der Waals surface area contributed by atoms with Gasteiger partial charge in [0.1, 0.15) is 12.7 Å². The molecule has 0 radical (unpaired) electrons. The average molecular weight is 349 g/mol. The monoisotopic (exact) mass is 349 g/mol. The number of carbonyl (C=O) groups excluding carboxylic acids is 2. The second-order valence-corrected chi connectivity index (χ2v) is 6.29. The lowest BCUT2D eigenvalue weighted by Crippen LogP contribution is -2.29. The zero-order valence-electron chi connectivity index (χ0n) is 12.9. The predicted octanol–water partition coefficient (Wildman–Crippen LogP) is 2.27. The molecule has 0 aliphatic rings. The van der Waals surface area contributed by atoms with Crippen molar-refractivity contribution in [3.63, 3.8) is 0 Å². The van der Waals surface area contributed by atoms with E-state index in [1.165, 1.54) is 0 Å². The molecule has 3 N–H and O–H groups in total. The lowest BCUT2D eigenvalue weighted by molar-refractivity contribution is 0.0157. The van der Waals surface area contributed by atoms with Crippen molar-refractivity contribution in [3.05, 3.63) is 57.8 Å². The Hall–Kier alpha value is -2.22. The molecule has 0 aliphatic heterocycles. The summed E-state index contributed by atoms with van der Waals surface area (Å²) in [6.07, 6.45) is -1.86. The van der Waals surface area contributed by atoms with Gasteiger partial charge in [-0.05, 0) is 24.1 Å². The molecule has 0 bridgehead atoms. The molecule has 1 aromatic carbocycles. The van der Waals surface area contributed by atoms with Crippen molar-refractivity contribution in [1.82, 2.24) is 5.32 Å². The first-order valence-corrected chi connectivity index (χ1v) is 8.27. The molecule has 2 unspecified atom stereocenters. The fourth-order valence-electron chi connectivity index (χ4n) is 2.03. The van der Waals surface area contributed by atoms with Crippen molar-refractivity contribution in [3.8, 4) is 0 Å². The summed E-state index contributed by atoms with van der Waals surface area (Å²) >= 11 is 1.12. The van der Waals surface area contributed by atoms with Gasteiger partial charge >= 0.3 is 6.09 Å². The number of ether oxygens (including phenoxy) is 1. The van der Waals surface area contributed by atoms with Crippen LogP contribution < -0.4 is 5.32 Å². The summed E-state index contributed by atoms with van der Waals surface area (Å²) in [6, 6.07) is 12.5. The minimum absolute atomic E-state index is 0.163. The van der Waals surface area contributed by atoms with Crippen molar-refractivity contribution >= 4 is 23.7 Å². The number of nitrogens with one attached hydrogen (secondary N) is 1. The summed E-state index contributed by atoms with van der Waals surface area (Å²) in [5.41, 5.74) is 0.881. The van der Waals surface area contributed by atoms with Crippen molar-refractivity contribution in [2.45, 2.75) is 25.2 Å². The smallest absolute Gasteiger partial charge is 0.407 e. The van der Waals surface area contributed by atoms with Gasteiger partial charge in [0.2, 0.25) is 0 Å². The Balaban J connectivity index is 1.68. The molecular weight excluding hydrogens is 330 g/mol. The number of alkyl carbamates (subject to hydrolysis) is 1. The van der Waals surface area contributed by atoms with E-state index < -0.39 is 18.3 Å². The number of benzene rings is 1. The van der Waals surface area contributed by atoms with Crippen LogP contribution in [0.15, 0.2) is 42.5 Å². The highest BCUT2D eigenvalue weighted by atomic mass is 32.1. The summed E-state index contributed by atoms with van der Waals surface area (Å²) in [4.78, 5) is 23.2. The maximum Gasteiger partial charge on any atom is 0.407 e. The summed E-state index contributed by atoms with van der Waals surface area (Å²) in [6.45, 7) is 0.333. The van der Waals surface area contributed by atoms with Crippen LogP contribution >= 0.6 is 11.3 Å². The van der Waals surface area contributed by atoms with E-state index in [2.05, 4.69) is 5.32 Å². The van der Waals surface area contributed by atoms with Crippen LogP contribution in [0.3, 0.4) is 0 Å². The summed E-state index contributed by atoms with van der Waals surface area (Å²) in [5, 5.41) is 22.5. The molecule has 0 aliphatic carbocycles. The summed E-state index contributed by atoms with van der Waals surface area (Å²) < 4.78 is 5.04. The standard InChI is InChI=1S/C17H19NO5S/c19-10-13-6-7-15(24-13)16(21)14(20)8-9-18-17(22)23-11-12-4-2-1-3-5-12/h1-7,10,14,16,20-21H,8-9,11H2,(H,18,22). The molecule has 0 spiro atoms. The van der Waals surface area contributed by atoms with Crippen molar-refractivity contribution in [1.29, 1.82) is 0 Å². The summed E-state index contributed by atoms with van der Waals surface area (Å²) in [7, 11) is 0. The van der Waals surface area contributed by atoms with Crippen molar-refractivity contribution < 1.29 is 24.5 Å². The molecule has 0 fully saturated rings. The van der Waals surface area contributed by atoms with Gasteiger partial charge in [0.25, 0.3) is 0 Å². The first-order chi connectivity index (χ1) is 11.6. The van der Waals surface area contributed by atoms with Crippen LogP contribution in [0.5, 0.6) is 0 Å². The minimum Gasteiger partial charge on any atom is -0.445 e. The van der Waals surface area contributed by atoms with Crippen LogP contribution in [0.1, 0.15) is 32.6 Å². The van der Waals surface area contributed by atoms with Crippen LogP contribution in [0.25, 0.3) is 0 Å². The van der Waals surface area contributed by atoms with Crippen LogP contribution in [0.4, 0.5) is 4.79 Å². The molecule has 128 valence electrons. The second kappa shape index (κ2) is 9.17. The lowest BCUT2D eigenvalue weighted by atomic mass is 10.1. The van der Waals surface area contributed by atoms with Crippen molar-refractivity contribution in [2.24, 2.45) is 0 Å². The van der Waals surface area contributed by atoms with Gasteiger partial charge in [-0.1, -0.05) is 30.3 Å². The zero-order valence-corrected chi connectivity index (χ0v) is 13.7. The van der Waals surface area contributed by atoms with E-state index in [0.717, 1.165) is 16.9 Å². The Morgan fingerprint density at radius 2 is 1.96 bits per heavy atom.